The topological polar surface area (TPSA) is 71.1 Å². The molecule has 1 rings (SSSR count). The lowest BCUT2D eigenvalue weighted by Gasteiger charge is -2.29. The molecular weight excluding hydrogens is 288 g/mol. The van der Waals surface area contributed by atoms with Gasteiger partial charge in [0.15, 0.2) is 6.29 Å². The molecule has 0 saturated carbocycles. The van der Waals surface area contributed by atoms with E-state index in [1.54, 1.807) is 32.9 Å². The lowest BCUT2D eigenvalue weighted by Crippen LogP contribution is -2.50. The van der Waals surface area contributed by atoms with Gasteiger partial charge in [-0.15, -0.1) is 6.58 Å². The zero-order valence-electron chi connectivity index (χ0n) is 13.4. The molecular formula is C16H24O6. The Balaban J connectivity index is 3.36. The van der Waals surface area contributed by atoms with Gasteiger partial charge in [-0.2, -0.15) is 0 Å². The summed E-state index contributed by atoms with van der Waals surface area (Å²) in [4.78, 5) is 25.2. The molecule has 22 heavy (non-hydrogen) atoms. The molecule has 1 aliphatic rings. The van der Waals surface area contributed by atoms with Gasteiger partial charge in [-0.1, -0.05) is 12.2 Å². The maximum Gasteiger partial charge on any atom is 0.333 e. The van der Waals surface area contributed by atoms with Gasteiger partial charge in [0, 0.05) is 6.61 Å². The lowest BCUT2D eigenvalue weighted by atomic mass is 9.80. The van der Waals surface area contributed by atoms with Gasteiger partial charge < -0.3 is 18.9 Å². The summed E-state index contributed by atoms with van der Waals surface area (Å²) in [5.41, 5.74) is -1.21. The van der Waals surface area contributed by atoms with Crippen molar-refractivity contribution in [1.29, 1.82) is 0 Å². The maximum absolute atomic E-state index is 12.6. The minimum absolute atomic E-state index is 0.107. The summed E-state index contributed by atoms with van der Waals surface area (Å²) in [6.07, 6.45) is 2.85. The van der Waals surface area contributed by atoms with E-state index in [-0.39, 0.29) is 19.8 Å². The minimum atomic E-state index is -1.70. The Labute approximate surface area is 131 Å². The first-order chi connectivity index (χ1) is 10.6. The first kappa shape index (κ1) is 18.4. The Morgan fingerprint density at radius 3 is 2.27 bits per heavy atom. The van der Waals surface area contributed by atoms with Crippen LogP contribution in [0.5, 0.6) is 0 Å². The number of ether oxygens (including phenoxy) is 4. The average Bonchev–Trinajstić information content (AvgIpc) is 2.85. The highest BCUT2D eigenvalue weighted by atomic mass is 16.7. The number of carbonyl (C=O) groups excluding carboxylic acids is 2. The van der Waals surface area contributed by atoms with Crippen molar-refractivity contribution < 1.29 is 28.5 Å². The van der Waals surface area contributed by atoms with Gasteiger partial charge in [0.1, 0.15) is 0 Å². The quantitative estimate of drug-likeness (QED) is 0.388. The summed E-state index contributed by atoms with van der Waals surface area (Å²) < 4.78 is 21.2. The van der Waals surface area contributed by atoms with Crippen LogP contribution in [-0.2, 0) is 28.5 Å². The molecule has 0 aromatic carbocycles. The highest BCUT2D eigenvalue weighted by molar-refractivity contribution is 6.04. The zero-order chi connectivity index (χ0) is 16.6. The van der Waals surface area contributed by atoms with E-state index >= 15 is 0 Å². The molecule has 1 unspecified atom stereocenters. The zero-order valence-corrected chi connectivity index (χ0v) is 13.4. The maximum atomic E-state index is 12.6. The van der Waals surface area contributed by atoms with Crippen molar-refractivity contribution in [2.24, 2.45) is 5.41 Å². The Morgan fingerprint density at radius 2 is 1.82 bits per heavy atom. The Bertz CT molecular complexity index is 422. The molecule has 1 atom stereocenters. The van der Waals surface area contributed by atoms with Crippen LogP contribution in [0.15, 0.2) is 24.3 Å². The summed E-state index contributed by atoms with van der Waals surface area (Å²) in [7, 11) is 0. The van der Waals surface area contributed by atoms with Crippen molar-refractivity contribution in [2.45, 2.75) is 33.5 Å². The molecule has 1 fully saturated rings. The summed E-state index contributed by atoms with van der Waals surface area (Å²) in [6.45, 7) is 9.44. The van der Waals surface area contributed by atoms with Gasteiger partial charge in [-0.25, -0.2) is 0 Å². The fraction of sp³-hybridized carbons (Fsp3) is 0.625. The van der Waals surface area contributed by atoms with E-state index in [0.717, 1.165) is 0 Å². The highest BCUT2D eigenvalue weighted by Crippen LogP contribution is 2.43. The van der Waals surface area contributed by atoms with Gasteiger partial charge in [0.2, 0.25) is 5.41 Å². The van der Waals surface area contributed by atoms with Gasteiger partial charge in [-0.05, 0) is 32.8 Å². The Kier molecular flexibility index (Phi) is 7.27. The van der Waals surface area contributed by atoms with Crippen LogP contribution >= 0.6 is 0 Å². The van der Waals surface area contributed by atoms with Crippen molar-refractivity contribution in [3.05, 3.63) is 24.3 Å². The molecule has 0 aliphatic carbocycles. The van der Waals surface area contributed by atoms with Crippen molar-refractivity contribution >= 4 is 11.9 Å². The normalized spacial score (nSPS) is 21.6. The van der Waals surface area contributed by atoms with Crippen LogP contribution in [0, 0.1) is 5.41 Å². The van der Waals surface area contributed by atoms with Crippen LogP contribution < -0.4 is 0 Å². The van der Waals surface area contributed by atoms with E-state index in [1.165, 1.54) is 0 Å². The van der Waals surface area contributed by atoms with E-state index in [1.807, 2.05) is 0 Å². The predicted molar refractivity (Wildman–Crippen MR) is 80.0 cm³/mol. The number of carbonyl (C=O) groups is 2. The van der Waals surface area contributed by atoms with Crippen LogP contribution in [0.25, 0.3) is 0 Å². The van der Waals surface area contributed by atoms with Crippen LogP contribution in [0.3, 0.4) is 0 Å². The third-order valence-corrected chi connectivity index (χ3v) is 3.29. The molecule has 0 radical (unpaired) electrons. The molecule has 1 saturated heterocycles. The third-order valence-electron chi connectivity index (χ3n) is 3.29. The SMILES string of the molecule is C=CC/C=C1\COC(OCC)C1(C(=O)OCC)C(=O)OCC. The molecule has 6 nitrogen and oxygen atoms in total. The first-order valence-electron chi connectivity index (χ1n) is 7.47. The monoisotopic (exact) mass is 312 g/mol. The molecule has 0 bridgehead atoms. The standard InChI is InChI=1S/C16H24O6/c1-5-9-10-12-11-22-15(21-8-4)16(12,13(17)19-6-2)14(18)20-7-3/h5,10,15H,1,6-9,11H2,2-4H3/b12-10+. The van der Waals surface area contributed by atoms with Crippen molar-refractivity contribution in [1.82, 2.24) is 0 Å². The molecule has 0 spiro atoms. The number of rotatable bonds is 8. The van der Waals surface area contributed by atoms with E-state index in [9.17, 15) is 9.59 Å². The third kappa shape index (κ3) is 3.39. The number of hydrogen-bond acceptors (Lipinski definition) is 6. The second-order valence-corrected chi connectivity index (χ2v) is 4.60. The van der Waals surface area contributed by atoms with E-state index in [0.29, 0.717) is 18.6 Å². The summed E-state index contributed by atoms with van der Waals surface area (Å²) in [5.74, 6) is -1.42. The van der Waals surface area contributed by atoms with Crippen LogP contribution in [0.2, 0.25) is 0 Å². The van der Waals surface area contributed by atoms with Crippen molar-refractivity contribution in [3.8, 4) is 0 Å². The van der Waals surface area contributed by atoms with Gasteiger partial charge >= 0.3 is 11.9 Å². The second-order valence-electron chi connectivity index (χ2n) is 4.60. The van der Waals surface area contributed by atoms with Crippen LogP contribution in [0.1, 0.15) is 27.2 Å². The molecule has 6 heteroatoms. The molecule has 0 aromatic rings. The molecule has 0 amide bonds. The van der Waals surface area contributed by atoms with Gasteiger partial charge in [0.05, 0.1) is 19.8 Å². The minimum Gasteiger partial charge on any atom is -0.465 e. The summed E-state index contributed by atoms with van der Waals surface area (Å²) in [5, 5.41) is 0. The highest BCUT2D eigenvalue weighted by Gasteiger charge is 2.63. The molecule has 1 heterocycles. The van der Waals surface area contributed by atoms with Crippen LogP contribution in [-0.4, -0.2) is 44.7 Å². The van der Waals surface area contributed by atoms with Crippen LogP contribution in [0.4, 0.5) is 0 Å². The van der Waals surface area contributed by atoms with Gasteiger partial charge in [0.25, 0.3) is 0 Å². The molecule has 0 aromatic heterocycles. The van der Waals surface area contributed by atoms with E-state index < -0.39 is 23.6 Å². The predicted octanol–water partition coefficient (Wildman–Crippen LogP) is 1.99. The first-order valence-corrected chi connectivity index (χ1v) is 7.47. The fourth-order valence-corrected chi connectivity index (χ4v) is 2.35. The van der Waals surface area contributed by atoms with Crippen molar-refractivity contribution in [3.63, 3.8) is 0 Å². The number of allylic oxidation sites excluding steroid dienone is 2. The van der Waals surface area contributed by atoms with Crippen molar-refractivity contribution in [2.75, 3.05) is 26.4 Å². The largest absolute Gasteiger partial charge is 0.465 e. The average molecular weight is 312 g/mol. The second kappa shape index (κ2) is 8.70. The smallest absolute Gasteiger partial charge is 0.333 e. The molecule has 124 valence electrons. The number of esters is 2. The van der Waals surface area contributed by atoms with Gasteiger partial charge in [-0.3, -0.25) is 9.59 Å². The molecule has 1 aliphatic heterocycles. The summed E-state index contributed by atoms with van der Waals surface area (Å²) in [6, 6.07) is 0. The Hall–Kier alpha value is -1.66. The Morgan fingerprint density at radius 1 is 1.23 bits per heavy atom. The summed E-state index contributed by atoms with van der Waals surface area (Å²) >= 11 is 0. The fourth-order valence-electron chi connectivity index (χ4n) is 2.35. The lowest BCUT2D eigenvalue weighted by molar-refractivity contribution is -0.200. The van der Waals surface area contributed by atoms with E-state index in [2.05, 4.69) is 6.58 Å². The van der Waals surface area contributed by atoms with E-state index in [4.69, 9.17) is 18.9 Å². The molecule has 0 N–H and O–H groups in total. The number of hydrogen-bond donors (Lipinski definition) is 0.